The lowest BCUT2D eigenvalue weighted by Gasteiger charge is -2.26. The molecular weight excluding hydrogens is 737 g/mol. The van der Waals surface area contributed by atoms with Gasteiger partial charge in [-0.15, -0.1) is 0 Å². The summed E-state index contributed by atoms with van der Waals surface area (Å²) in [6, 6.07) is 57.6. The van der Waals surface area contributed by atoms with E-state index in [-0.39, 0.29) is 17.1 Å². The van der Waals surface area contributed by atoms with Gasteiger partial charge in [-0.05, 0) is 119 Å². The molecule has 59 heavy (non-hydrogen) atoms. The predicted octanol–water partition coefficient (Wildman–Crippen LogP) is 11.8. The quantitative estimate of drug-likeness (QED) is 0.0971. The van der Waals surface area contributed by atoms with Crippen LogP contribution in [0.25, 0.3) is 34.9 Å². The molecule has 0 fully saturated rings. The monoisotopic (exact) mass is 768 g/mol. The van der Waals surface area contributed by atoms with Gasteiger partial charge in [0.05, 0.1) is 0 Å². The van der Waals surface area contributed by atoms with Crippen LogP contribution in [0.4, 0.5) is 34.1 Å². The fourth-order valence-corrected chi connectivity index (χ4v) is 7.21. The average molecular weight is 769 g/mol. The van der Waals surface area contributed by atoms with E-state index in [1.807, 2.05) is 127 Å². The molecule has 0 amide bonds. The summed E-state index contributed by atoms with van der Waals surface area (Å²) in [5.41, 5.74) is 8.99. The average Bonchev–Trinajstić information content (AvgIpc) is 3.79. The first-order valence-electron chi connectivity index (χ1n) is 18.5. The van der Waals surface area contributed by atoms with Crippen molar-refractivity contribution >= 4 is 69.9 Å². The second-order valence-electron chi connectivity index (χ2n) is 13.4. The molecule has 0 saturated heterocycles. The molecule has 0 aliphatic heterocycles. The van der Waals surface area contributed by atoms with E-state index in [4.69, 9.17) is 4.42 Å². The minimum atomic E-state index is -1.49. The first-order chi connectivity index (χ1) is 28.8. The number of benzene rings is 6. The highest BCUT2D eigenvalue weighted by atomic mass is 16.4. The number of anilines is 6. The number of nitrogens with zero attached hydrogens (tertiary/aromatic N) is 4. The first kappa shape index (κ1) is 37.3. The number of para-hydroxylation sites is 4. The highest BCUT2D eigenvalue weighted by Gasteiger charge is 2.28. The highest BCUT2D eigenvalue weighted by molar-refractivity contribution is 6.08. The minimum Gasteiger partial charge on any atom is -0.477 e. The number of hydrogen-bond acceptors (Lipinski definition) is 7. The zero-order chi connectivity index (χ0) is 40.9. The van der Waals surface area contributed by atoms with E-state index in [9.17, 15) is 30.3 Å². The van der Waals surface area contributed by atoms with Crippen LogP contribution in [0.1, 0.15) is 28.2 Å². The number of furan rings is 1. The van der Waals surface area contributed by atoms with Crippen LogP contribution < -0.4 is 9.80 Å². The molecule has 7 aromatic rings. The summed E-state index contributed by atoms with van der Waals surface area (Å²) in [5.74, 6) is -2.81. The van der Waals surface area contributed by atoms with E-state index in [0.29, 0.717) is 0 Å². The van der Waals surface area contributed by atoms with Crippen LogP contribution in [-0.4, -0.2) is 22.2 Å². The first-order valence-corrected chi connectivity index (χ1v) is 18.5. The summed E-state index contributed by atoms with van der Waals surface area (Å²) in [6.45, 7) is 0. The van der Waals surface area contributed by atoms with E-state index in [1.165, 1.54) is 6.07 Å². The Morgan fingerprint density at radius 2 is 0.881 bits per heavy atom. The summed E-state index contributed by atoms with van der Waals surface area (Å²) in [6.07, 6.45) is 3.94. The van der Waals surface area contributed by atoms with Gasteiger partial charge in [0.25, 0.3) is 0 Å². The smallest absolute Gasteiger partial charge is 0.346 e. The lowest BCUT2D eigenvalue weighted by molar-refractivity contribution is -0.133. The van der Waals surface area contributed by atoms with E-state index >= 15 is 0 Å². The zero-order valence-electron chi connectivity index (χ0n) is 31.2. The van der Waals surface area contributed by atoms with Crippen molar-refractivity contribution in [2.75, 3.05) is 9.80 Å². The van der Waals surface area contributed by atoms with Gasteiger partial charge in [-0.3, -0.25) is 0 Å². The maximum Gasteiger partial charge on any atom is 0.346 e. The Hall–Kier alpha value is -8.66. The van der Waals surface area contributed by atoms with Gasteiger partial charge >= 0.3 is 11.9 Å². The molecule has 0 bridgehead atoms. The number of aliphatic carboxylic acids is 2. The fraction of sp³-hybridized carbons (Fsp3) is 0. The molecule has 0 saturated carbocycles. The van der Waals surface area contributed by atoms with E-state index in [1.54, 1.807) is 12.1 Å². The summed E-state index contributed by atoms with van der Waals surface area (Å²) in [4.78, 5) is 28.1. The standard InChI is InChI=1S/C50H32N4O5/c51-31-34(49(55)56)25-33-26-42(59-48(33)27-35(32-52)50(57)58)30-47-45-28-40(53(36-13-5-1-6-14-36)37-15-7-2-8-16-37)21-23-43(45)44-24-22-41(29-46(44)47)54(38-17-9-3-10-18-38)39-19-11-4-12-20-39/h1-30H,(H,55,56)(H,57,58). The number of fused-ring (bicyclic) bond motifs is 3. The summed E-state index contributed by atoms with van der Waals surface area (Å²) in [7, 11) is 0. The van der Waals surface area contributed by atoms with Crippen molar-refractivity contribution in [1.29, 1.82) is 10.5 Å². The van der Waals surface area contributed by atoms with Gasteiger partial charge in [0.1, 0.15) is 34.8 Å². The molecule has 1 aliphatic rings. The predicted molar refractivity (Wildman–Crippen MR) is 229 cm³/mol. The molecule has 2 N–H and O–H groups in total. The number of hydrogen-bond donors (Lipinski definition) is 2. The lowest BCUT2D eigenvalue weighted by atomic mass is 10.0. The maximum absolute atomic E-state index is 11.9. The van der Waals surface area contributed by atoms with Gasteiger partial charge < -0.3 is 24.4 Å². The Bertz CT molecular complexity index is 2630. The van der Waals surface area contributed by atoms with Gasteiger partial charge in [-0.2, -0.15) is 10.5 Å². The van der Waals surface area contributed by atoms with Crippen LogP contribution in [0.15, 0.2) is 179 Å². The topological polar surface area (TPSA) is 142 Å². The second-order valence-corrected chi connectivity index (χ2v) is 13.4. The third-order valence-corrected chi connectivity index (χ3v) is 9.82. The van der Waals surface area contributed by atoms with Crippen LogP contribution in [0.5, 0.6) is 0 Å². The van der Waals surface area contributed by atoms with Crippen molar-refractivity contribution in [1.82, 2.24) is 0 Å². The summed E-state index contributed by atoms with van der Waals surface area (Å²) >= 11 is 0. The Morgan fingerprint density at radius 3 is 1.25 bits per heavy atom. The normalized spacial score (nSPS) is 11.8. The Labute approximate surface area is 339 Å². The number of carboxylic acids is 2. The Kier molecular flexibility index (Phi) is 10.2. The molecule has 0 unspecified atom stereocenters. The van der Waals surface area contributed by atoms with E-state index in [0.717, 1.165) is 74.1 Å². The fourth-order valence-electron chi connectivity index (χ4n) is 7.21. The van der Waals surface area contributed by atoms with Crippen molar-refractivity contribution in [3.63, 3.8) is 0 Å². The molecule has 8 rings (SSSR count). The maximum atomic E-state index is 11.9. The molecule has 0 atom stereocenters. The summed E-state index contributed by atoms with van der Waals surface area (Å²) in [5, 5.41) is 38.5. The van der Waals surface area contributed by atoms with E-state index in [2.05, 4.69) is 46.2 Å². The van der Waals surface area contributed by atoms with Crippen molar-refractivity contribution in [3.05, 3.63) is 203 Å². The van der Waals surface area contributed by atoms with E-state index < -0.39 is 23.1 Å². The van der Waals surface area contributed by atoms with Gasteiger partial charge in [-0.1, -0.05) is 84.9 Å². The molecule has 0 radical (unpaired) electrons. The van der Waals surface area contributed by atoms with Gasteiger partial charge in [0.15, 0.2) is 0 Å². The van der Waals surface area contributed by atoms with Gasteiger partial charge in [-0.25, -0.2) is 9.59 Å². The number of rotatable bonds is 11. The van der Waals surface area contributed by atoms with Crippen molar-refractivity contribution in [3.8, 4) is 23.3 Å². The molecule has 1 heterocycles. The number of nitriles is 2. The largest absolute Gasteiger partial charge is 0.477 e. The molecule has 9 nitrogen and oxygen atoms in total. The van der Waals surface area contributed by atoms with Crippen LogP contribution in [0.3, 0.4) is 0 Å². The number of carboxylic acid groups (broad SMARTS) is 2. The van der Waals surface area contributed by atoms with Crippen LogP contribution in [0, 0.1) is 22.7 Å². The molecule has 6 aromatic carbocycles. The van der Waals surface area contributed by atoms with Gasteiger partial charge in [0, 0.05) is 45.8 Å². The second kappa shape index (κ2) is 16.2. The van der Waals surface area contributed by atoms with Crippen LogP contribution in [-0.2, 0) is 9.59 Å². The van der Waals surface area contributed by atoms with Crippen molar-refractivity contribution in [2.45, 2.75) is 0 Å². The number of carbonyl (C=O) groups is 2. The molecule has 0 spiro atoms. The molecule has 282 valence electrons. The van der Waals surface area contributed by atoms with Crippen molar-refractivity contribution < 1.29 is 24.2 Å². The van der Waals surface area contributed by atoms with Crippen molar-refractivity contribution in [2.24, 2.45) is 0 Å². The molecular formula is C50H32N4O5. The minimum absolute atomic E-state index is 0.0931. The van der Waals surface area contributed by atoms with Gasteiger partial charge in [0.2, 0.25) is 0 Å². The Morgan fingerprint density at radius 1 is 0.492 bits per heavy atom. The Balaban J connectivity index is 1.36. The van der Waals surface area contributed by atoms with Crippen LogP contribution >= 0.6 is 0 Å². The molecule has 1 aliphatic carbocycles. The molecule has 9 heteroatoms. The SMILES string of the molecule is N#CC(=Cc1cc(C=C2c3cc(N(c4ccccc4)c4ccccc4)ccc3-c3ccc(N(c4ccccc4)c4ccccc4)cc32)oc1C=C(C#N)C(=O)O)C(=O)O. The summed E-state index contributed by atoms with van der Waals surface area (Å²) < 4.78 is 6.21. The zero-order valence-corrected chi connectivity index (χ0v) is 31.2. The lowest BCUT2D eigenvalue weighted by Crippen LogP contribution is -2.10. The third-order valence-electron chi connectivity index (χ3n) is 9.82. The highest BCUT2D eigenvalue weighted by Crippen LogP contribution is 2.50. The van der Waals surface area contributed by atoms with Crippen LogP contribution in [0.2, 0.25) is 0 Å². The third kappa shape index (κ3) is 7.51. The molecule has 1 aromatic heterocycles.